The average Bonchev–Trinajstić information content (AvgIpc) is 2.75. The number of nitrogens with one attached hydrogen (secondary N) is 2. The van der Waals surface area contributed by atoms with E-state index in [-0.39, 0.29) is 41.8 Å². The first-order valence-corrected chi connectivity index (χ1v) is 12.1. The van der Waals surface area contributed by atoms with Crippen molar-refractivity contribution in [3.05, 3.63) is 18.2 Å². The number of sulfonamides is 1. The zero-order chi connectivity index (χ0) is 21.3. The molecule has 2 N–H and O–H groups in total. The van der Waals surface area contributed by atoms with Crippen molar-refractivity contribution >= 4 is 27.5 Å². The molecule has 1 aromatic rings. The summed E-state index contributed by atoms with van der Waals surface area (Å²) in [4.78, 5) is 24.4. The largest absolute Gasteiger partial charge is 0.482 e. The van der Waals surface area contributed by atoms with Gasteiger partial charge in [0.2, 0.25) is 15.9 Å². The second-order valence-corrected chi connectivity index (χ2v) is 10.6. The molecule has 0 bridgehead atoms. The summed E-state index contributed by atoms with van der Waals surface area (Å²) in [6.07, 6.45) is 5.55. The van der Waals surface area contributed by atoms with Gasteiger partial charge in [-0.3, -0.25) is 9.59 Å². The number of carbonyl (C=O) groups is 2. The van der Waals surface area contributed by atoms with E-state index in [2.05, 4.69) is 17.6 Å². The highest BCUT2D eigenvalue weighted by molar-refractivity contribution is 7.89. The summed E-state index contributed by atoms with van der Waals surface area (Å²) >= 11 is 0. The smallest absolute Gasteiger partial charge is 0.262 e. The van der Waals surface area contributed by atoms with Gasteiger partial charge in [0.1, 0.15) is 5.75 Å². The lowest BCUT2D eigenvalue weighted by Gasteiger charge is -2.33. The van der Waals surface area contributed by atoms with Crippen molar-refractivity contribution in [2.75, 3.05) is 25.0 Å². The third-order valence-corrected chi connectivity index (χ3v) is 8.20. The van der Waals surface area contributed by atoms with Crippen LogP contribution in [-0.4, -0.2) is 50.3 Å². The quantitative estimate of drug-likeness (QED) is 0.754. The number of fused-ring (bicyclic) bond motifs is 1. The Morgan fingerprint density at radius 1 is 1.20 bits per heavy atom. The fraction of sp³-hybridized carbons (Fsp3) is 0.619. The van der Waals surface area contributed by atoms with Gasteiger partial charge in [0.05, 0.1) is 16.5 Å². The highest BCUT2D eigenvalue weighted by Gasteiger charge is 2.35. The zero-order valence-electron chi connectivity index (χ0n) is 17.2. The van der Waals surface area contributed by atoms with Gasteiger partial charge in [-0.15, -0.1) is 0 Å². The predicted molar refractivity (Wildman–Crippen MR) is 112 cm³/mol. The Bertz CT molecular complexity index is 925. The lowest BCUT2D eigenvalue weighted by Crippen LogP contribution is -2.48. The minimum absolute atomic E-state index is 0.0412. The normalized spacial score (nSPS) is 27.5. The Labute approximate surface area is 177 Å². The topological polar surface area (TPSA) is 105 Å². The molecule has 30 heavy (non-hydrogen) atoms. The van der Waals surface area contributed by atoms with Gasteiger partial charge < -0.3 is 15.4 Å². The number of hydrogen-bond donors (Lipinski definition) is 2. The van der Waals surface area contributed by atoms with E-state index in [0.29, 0.717) is 36.7 Å². The van der Waals surface area contributed by atoms with Crippen LogP contribution < -0.4 is 15.4 Å². The number of amides is 2. The van der Waals surface area contributed by atoms with Gasteiger partial charge >= 0.3 is 0 Å². The van der Waals surface area contributed by atoms with Crippen LogP contribution >= 0.6 is 0 Å². The van der Waals surface area contributed by atoms with Gasteiger partial charge in [-0.2, -0.15) is 4.31 Å². The molecule has 1 atom stereocenters. The predicted octanol–water partition coefficient (Wildman–Crippen LogP) is 2.11. The molecule has 2 fully saturated rings. The van der Waals surface area contributed by atoms with E-state index in [1.165, 1.54) is 16.4 Å². The molecule has 2 amide bonds. The number of rotatable bonds is 4. The molecule has 2 aliphatic heterocycles. The highest BCUT2D eigenvalue weighted by Crippen LogP contribution is 2.32. The van der Waals surface area contributed by atoms with E-state index < -0.39 is 10.0 Å². The molecule has 1 aromatic carbocycles. The van der Waals surface area contributed by atoms with Gasteiger partial charge in [0.25, 0.3) is 5.91 Å². The second-order valence-electron chi connectivity index (χ2n) is 8.66. The first-order valence-electron chi connectivity index (χ1n) is 10.7. The molecule has 164 valence electrons. The van der Waals surface area contributed by atoms with Crippen LogP contribution in [0.1, 0.15) is 45.4 Å². The highest BCUT2D eigenvalue weighted by atomic mass is 32.2. The number of piperidine rings is 1. The third-order valence-electron chi connectivity index (χ3n) is 6.34. The fourth-order valence-corrected chi connectivity index (χ4v) is 6.02. The Balaban J connectivity index is 1.44. The van der Waals surface area contributed by atoms with E-state index in [4.69, 9.17) is 4.74 Å². The summed E-state index contributed by atoms with van der Waals surface area (Å²) in [7, 11) is -3.77. The van der Waals surface area contributed by atoms with Crippen LogP contribution in [0.3, 0.4) is 0 Å². The van der Waals surface area contributed by atoms with E-state index in [1.54, 1.807) is 6.07 Å². The maximum Gasteiger partial charge on any atom is 0.262 e. The van der Waals surface area contributed by atoms with Gasteiger partial charge in [0, 0.05) is 19.1 Å². The number of carbonyl (C=O) groups excluding carboxylic acids is 2. The van der Waals surface area contributed by atoms with Crippen molar-refractivity contribution in [3.8, 4) is 5.75 Å². The molecule has 0 radical (unpaired) electrons. The van der Waals surface area contributed by atoms with Gasteiger partial charge in [-0.25, -0.2) is 8.42 Å². The number of ether oxygens (including phenoxy) is 1. The maximum absolute atomic E-state index is 13.2. The fourth-order valence-electron chi connectivity index (χ4n) is 4.47. The van der Waals surface area contributed by atoms with Crippen LogP contribution in [0.5, 0.6) is 5.75 Å². The first kappa shape index (κ1) is 21.1. The zero-order valence-corrected chi connectivity index (χ0v) is 18.0. The SMILES string of the molecule is CC1CCC(NC(=O)[C@H]2CCCN(S(=O)(=O)c3ccc4c(c3)NC(=O)CO4)C2)CC1. The van der Waals surface area contributed by atoms with Crippen molar-refractivity contribution in [2.45, 2.75) is 56.4 Å². The van der Waals surface area contributed by atoms with Crippen LogP contribution in [-0.2, 0) is 19.6 Å². The lowest BCUT2D eigenvalue weighted by atomic mass is 9.87. The van der Waals surface area contributed by atoms with E-state index in [0.717, 1.165) is 25.7 Å². The molecule has 1 saturated carbocycles. The van der Waals surface area contributed by atoms with Crippen LogP contribution in [0.15, 0.2) is 23.1 Å². The summed E-state index contributed by atoms with van der Waals surface area (Å²) in [6, 6.07) is 4.66. The Hall–Kier alpha value is -2.13. The Kier molecular flexibility index (Phi) is 6.02. The van der Waals surface area contributed by atoms with Crippen LogP contribution in [0.25, 0.3) is 0 Å². The van der Waals surface area contributed by atoms with Crippen molar-refractivity contribution < 1.29 is 22.7 Å². The minimum Gasteiger partial charge on any atom is -0.482 e. The standard InChI is InChI=1S/C21H29N3O5S/c1-14-4-6-16(7-5-14)22-21(26)15-3-2-10-24(12-15)30(27,28)17-8-9-19-18(11-17)23-20(25)13-29-19/h8-9,11,14-16H,2-7,10,12-13H2,1H3,(H,22,26)(H,23,25)/t14?,15-,16?/m0/s1. The Morgan fingerprint density at radius 2 is 1.97 bits per heavy atom. The Morgan fingerprint density at radius 3 is 2.73 bits per heavy atom. The molecule has 0 aromatic heterocycles. The first-order chi connectivity index (χ1) is 14.3. The lowest BCUT2D eigenvalue weighted by molar-refractivity contribution is -0.127. The summed E-state index contributed by atoms with van der Waals surface area (Å²) in [5, 5.41) is 5.78. The molecular weight excluding hydrogens is 406 g/mol. The molecule has 8 nitrogen and oxygen atoms in total. The minimum atomic E-state index is -3.77. The maximum atomic E-state index is 13.2. The summed E-state index contributed by atoms with van der Waals surface area (Å²) < 4.78 is 33.1. The molecule has 3 aliphatic rings. The molecule has 0 unspecified atom stereocenters. The summed E-state index contributed by atoms with van der Waals surface area (Å²) in [6.45, 7) is 2.71. The molecule has 1 saturated heterocycles. The monoisotopic (exact) mass is 435 g/mol. The number of benzene rings is 1. The number of nitrogens with zero attached hydrogens (tertiary/aromatic N) is 1. The summed E-state index contributed by atoms with van der Waals surface area (Å²) in [5.74, 6) is 0.462. The summed E-state index contributed by atoms with van der Waals surface area (Å²) in [5.41, 5.74) is 0.352. The van der Waals surface area contributed by atoms with Crippen molar-refractivity contribution in [1.82, 2.24) is 9.62 Å². The molecular formula is C21H29N3O5S. The van der Waals surface area contributed by atoms with E-state index in [9.17, 15) is 18.0 Å². The number of hydrogen-bond acceptors (Lipinski definition) is 5. The van der Waals surface area contributed by atoms with Crippen LogP contribution in [0.2, 0.25) is 0 Å². The van der Waals surface area contributed by atoms with Crippen LogP contribution in [0.4, 0.5) is 5.69 Å². The molecule has 4 rings (SSSR count). The van der Waals surface area contributed by atoms with Gasteiger partial charge in [-0.05, 0) is 62.6 Å². The number of anilines is 1. The van der Waals surface area contributed by atoms with Crippen molar-refractivity contribution in [1.29, 1.82) is 0 Å². The molecule has 9 heteroatoms. The van der Waals surface area contributed by atoms with Gasteiger partial charge in [-0.1, -0.05) is 6.92 Å². The van der Waals surface area contributed by atoms with Gasteiger partial charge in [0.15, 0.2) is 6.61 Å². The second kappa shape index (κ2) is 8.55. The van der Waals surface area contributed by atoms with E-state index >= 15 is 0 Å². The van der Waals surface area contributed by atoms with Crippen LogP contribution in [0, 0.1) is 11.8 Å². The van der Waals surface area contributed by atoms with Crippen molar-refractivity contribution in [2.24, 2.45) is 11.8 Å². The molecule has 2 heterocycles. The third kappa shape index (κ3) is 4.46. The van der Waals surface area contributed by atoms with Crippen molar-refractivity contribution in [3.63, 3.8) is 0 Å². The molecule has 0 spiro atoms. The molecule has 1 aliphatic carbocycles. The van der Waals surface area contributed by atoms with E-state index in [1.807, 2.05) is 0 Å². The average molecular weight is 436 g/mol.